The number of primary amides is 1. The number of nitrogens with zero attached hydrogens (tertiary/aromatic N) is 4. The molecule has 0 aliphatic carbocycles. The van der Waals surface area contributed by atoms with Crippen molar-refractivity contribution in [2.45, 2.75) is 30.8 Å². The SMILES string of the molecule is CCOc1ccc(C2C(C(N)=O)C(C)=Nc3nc(SCc4ccccc4)nn32)cc1. The number of hydrogen-bond acceptors (Lipinski definition) is 6. The maximum Gasteiger partial charge on any atom is 0.249 e. The van der Waals surface area contributed by atoms with E-state index in [2.05, 4.69) is 27.2 Å². The number of amides is 1. The van der Waals surface area contributed by atoms with Crippen LogP contribution in [0.25, 0.3) is 0 Å². The van der Waals surface area contributed by atoms with E-state index in [-0.39, 0.29) is 0 Å². The van der Waals surface area contributed by atoms with Crippen LogP contribution in [0.15, 0.2) is 64.7 Å². The molecule has 2 N–H and O–H groups in total. The van der Waals surface area contributed by atoms with Crippen LogP contribution < -0.4 is 10.5 Å². The molecule has 1 aromatic heterocycles. The van der Waals surface area contributed by atoms with Gasteiger partial charge in [-0.2, -0.15) is 4.98 Å². The maximum absolute atomic E-state index is 12.3. The molecular weight excluding hydrogens is 398 g/mol. The fraction of sp³-hybridized carbons (Fsp3) is 0.273. The van der Waals surface area contributed by atoms with E-state index >= 15 is 0 Å². The van der Waals surface area contributed by atoms with E-state index in [1.807, 2.05) is 56.3 Å². The van der Waals surface area contributed by atoms with Crippen molar-refractivity contribution in [3.63, 3.8) is 0 Å². The molecule has 0 radical (unpaired) electrons. The van der Waals surface area contributed by atoms with E-state index in [1.54, 1.807) is 4.68 Å². The highest BCUT2D eigenvalue weighted by Gasteiger charge is 2.38. The molecule has 0 saturated carbocycles. The first-order valence-corrected chi connectivity index (χ1v) is 10.8. The monoisotopic (exact) mass is 421 g/mol. The average molecular weight is 422 g/mol. The first-order chi connectivity index (χ1) is 14.6. The second kappa shape index (κ2) is 8.71. The van der Waals surface area contributed by atoms with Gasteiger partial charge in [0.25, 0.3) is 0 Å². The summed E-state index contributed by atoms with van der Waals surface area (Å²) in [6, 6.07) is 17.4. The van der Waals surface area contributed by atoms with Gasteiger partial charge in [-0.3, -0.25) is 4.79 Å². The van der Waals surface area contributed by atoms with Gasteiger partial charge in [0.1, 0.15) is 11.7 Å². The molecule has 3 aromatic rings. The van der Waals surface area contributed by atoms with Crippen LogP contribution in [0.1, 0.15) is 31.0 Å². The highest BCUT2D eigenvalue weighted by molar-refractivity contribution is 7.98. The van der Waals surface area contributed by atoms with E-state index in [4.69, 9.17) is 10.5 Å². The zero-order chi connectivity index (χ0) is 21.1. The molecule has 8 heteroatoms. The van der Waals surface area contributed by atoms with Gasteiger partial charge in [0, 0.05) is 11.5 Å². The van der Waals surface area contributed by atoms with Gasteiger partial charge in [-0.1, -0.05) is 54.2 Å². The molecule has 2 atom stereocenters. The van der Waals surface area contributed by atoms with Gasteiger partial charge < -0.3 is 10.5 Å². The molecule has 0 spiro atoms. The Hall–Kier alpha value is -3.13. The molecule has 2 unspecified atom stereocenters. The quantitative estimate of drug-likeness (QED) is 0.586. The van der Waals surface area contributed by atoms with Gasteiger partial charge in [-0.25, -0.2) is 9.67 Å². The molecule has 30 heavy (non-hydrogen) atoms. The fourth-order valence-electron chi connectivity index (χ4n) is 3.56. The lowest BCUT2D eigenvalue weighted by atomic mass is 9.88. The molecule has 1 amide bonds. The molecule has 2 aromatic carbocycles. The number of aromatic nitrogens is 3. The number of rotatable bonds is 7. The highest BCUT2D eigenvalue weighted by Crippen LogP contribution is 2.37. The number of carbonyl (C=O) groups is 1. The number of nitrogens with two attached hydrogens (primary N) is 1. The summed E-state index contributed by atoms with van der Waals surface area (Å²) in [6.45, 7) is 4.34. The van der Waals surface area contributed by atoms with Crippen molar-refractivity contribution in [2.75, 3.05) is 6.61 Å². The summed E-state index contributed by atoms with van der Waals surface area (Å²) in [6.07, 6.45) is 0. The second-order valence-corrected chi connectivity index (χ2v) is 7.94. The Kier molecular flexibility index (Phi) is 5.85. The molecule has 154 valence electrons. The van der Waals surface area contributed by atoms with Crippen LogP contribution in [-0.4, -0.2) is 33.0 Å². The number of aliphatic imine (C=N–C) groups is 1. The number of benzene rings is 2. The second-order valence-electron chi connectivity index (χ2n) is 6.99. The topological polar surface area (TPSA) is 95.4 Å². The van der Waals surface area contributed by atoms with Gasteiger partial charge in [-0.15, -0.1) is 5.10 Å². The van der Waals surface area contributed by atoms with Crippen LogP contribution in [0.2, 0.25) is 0 Å². The standard InChI is InChI=1S/C22H23N5O2S/c1-3-29-17-11-9-16(10-12-17)19-18(20(23)28)14(2)24-21-25-22(26-27(19)21)30-13-15-7-5-4-6-8-15/h4-12,18-19H,3,13H2,1-2H3,(H2,23,28). The molecule has 0 saturated heterocycles. The van der Waals surface area contributed by atoms with Crippen LogP contribution in [0.5, 0.6) is 5.75 Å². The predicted octanol–water partition coefficient (Wildman–Crippen LogP) is 3.77. The van der Waals surface area contributed by atoms with E-state index in [9.17, 15) is 4.79 Å². The molecule has 7 nitrogen and oxygen atoms in total. The maximum atomic E-state index is 12.3. The number of thioether (sulfide) groups is 1. The third kappa shape index (κ3) is 4.09. The summed E-state index contributed by atoms with van der Waals surface area (Å²) in [5, 5.41) is 5.29. The lowest BCUT2D eigenvalue weighted by Gasteiger charge is -2.29. The van der Waals surface area contributed by atoms with Crippen molar-refractivity contribution in [1.82, 2.24) is 14.8 Å². The molecule has 1 aliphatic heterocycles. The minimum atomic E-state index is -0.593. The predicted molar refractivity (Wildman–Crippen MR) is 117 cm³/mol. The van der Waals surface area contributed by atoms with Crippen LogP contribution in [0.3, 0.4) is 0 Å². The number of carbonyl (C=O) groups excluding carboxylic acids is 1. The zero-order valence-corrected chi connectivity index (χ0v) is 17.7. The van der Waals surface area contributed by atoms with Crippen LogP contribution >= 0.6 is 11.8 Å². The van der Waals surface area contributed by atoms with Crippen molar-refractivity contribution in [3.8, 4) is 5.75 Å². The molecular formula is C22H23N5O2S. The Balaban J connectivity index is 1.67. The van der Waals surface area contributed by atoms with E-state index in [0.29, 0.717) is 23.4 Å². The summed E-state index contributed by atoms with van der Waals surface area (Å²) in [5.74, 6) is 0.981. The Morgan fingerprint density at radius 3 is 2.57 bits per heavy atom. The molecule has 1 aliphatic rings. The Morgan fingerprint density at radius 1 is 1.17 bits per heavy atom. The fourth-order valence-corrected chi connectivity index (χ4v) is 4.34. The zero-order valence-electron chi connectivity index (χ0n) is 16.9. The summed E-state index contributed by atoms with van der Waals surface area (Å²) < 4.78 is 7.25. The summed E-state index contributed by atoms with van der Waals surface area (Å²) in [4.78, 5) is 21.4. The van der Waals surface area contributed by atoms with Crippen molar-refractivity contribution in [2.24, 2.45) is 16.6 Å². The van der Waals surface area contributed by atoms with Crippen LogP contribution in [-0.2, 0) is 10.5 Å². The van der Waals surface area contributed by atoms with Gasteiger partial charge in [0.2, 0.25) is 17.0 Å². The van der Waals surface area contributed by atoms with Gasteiger partial charge >= 0.3 is 0 Å². The number of ether oxygens (including phenoxy) is 1. The number of fused-ring (bicyclic) bond motifs is 1. The van der Waals surface area contributed by atoms with Gasteiger partial charge in [0.05, 0.1) is 12.6 Å². The third-order valence-electron chi connectivity index (χ3n) is 4.95. The lowest BCUT2D eigenvalue weighted by molar-refractivity contribution is -0.120. The minimum Gasteiger partial charge on any atom is -0.494 e. The Morgan fingerprint density at radius 2 is 1.90 bits per heavy atom. The summed E-state index contributed by atoms with van der Waals surface area (Å²) in [7, 11) is 0. The van der Waals surface area contributed by atoms with Crippen molar-refractivity contribution in [3.05, 3.63) is 65.7 Å². The Labute approximate surface area is 179 Å². The summed E-state index contributed by atoms with van der Waals surface area (Å²) in [5.41, 5.74) is 8.48. The smallest absolute Gasteiger partial charge is 0.249 e. The molecule has 0 bridgehead atoms. The van der Waals surface area contributed by atoms with Crippen LogP contribution in [0, 0.1) is 5.92 Å². The lowest BCUT2D eigenvalue weighted by Crippen LogP contribution is -2.39. The molecule has 0 fully saturated rings. The van der Waals surface area contributed by atoms with Crippen molar-refractivity contribution < 1.29 is 9.53 Å². The van der Waals surface area contributed by atoms with Gasteiger partial charge in [0.15, 0.2) is 0 Å². The van der Waals surface area contributed by atoms with E-state index < -0.39 is 17.9 Å². The van der Waals surface area contributed by atoms with E-state index in [0.717, 1.165) is 17.1 Å². The third-order valence-corrected chi connectivity index (χ3v) is 5.86. The van der Waals surface area contributed by atoms with Crippen molar-refractivity contribution >= 4 is 29.3 Å². The molecule has 4 rings (SSSR count). The first-order valence-electron chi connectivity index (χ1n) is 9.77. The Bertz CT molecular complexity index is 1060. The largest absolute Gasteiger partial charge is 0.494 e. The normalized spacial score (nSPS) is 17.9. The highest BCUT2D eigenvalue weighted by atomic mass is 32.2. The number of hydrogen-bond donors (Lipinski definition) is 1. The molecule has 2 heterocycles. The van der Waals surface area contributed by atoms with Crippen LogP contribution in [0.4, 0.5) is 5.95 Å². The van der Waals surface area contributed by atoms with Gasteiger partial charge in [-0.05, 0) is 37.1 Å². The average Bonchev–Trinajstić information content (AvgIpc) is 3.15. The minimum absolute atomic E-state index is 0.399. The van der Waals surface area contributed by atoms with Crippen molar-refractivity contribution in [1.29, 1.82) is 0 Å². The van der Waals surface area contributed by atoms with E-state index in [1.165, 1.54) is 17.3 Å². The first kappa shape index (κ1) is 20.2. The summed E-state index contributed by atoms with van der Waals surface area (Å²) >= 11 is 1.54.